The van der Waals surface area contributed by atoms with E-state index in [1.807, 2.05) is 30.3 Å². The largest absolute Gasteiger partial charge is 0.509 e. The van der Waals surface area contributed by atoms with Crippen LogP contribution in [0.15, 0.2) is 54.3 Å². The lowest BCUT2D eigenvalue weighted by atomic mass is 9.92. The highest BCUT2D eigenvalue weighted by Gasteiger charge is 2.33. The van der Waals surface area contributed by atoms with Crippen molar-refractivity contribution in [2.45, 2.75) is 25.7 Å². The minimum Gasteiger partial charge on any atom is -0.466 e. The minimum atomic E-state index is -0.767. The van der Waals surface area contributed by atoms with Crippen LogP contribution < -0.4 is 5.32 Å². The van der Waals surface area contributed by atoms with Crippen molar-refractivity contribution in [2.75, 3.05) is 7.11 Å². The molecule has 1 aromatic carbocycles. The molecule has 1 aromatic rings. The van der Waals surface area contributed by atoms with Gasteiger partial charge in [0.2, 0.25) is 0 Å². The third-order valence-corrected chi connectivity index (χ3v) is 3.49. The monoisotopic (exact) mass is 317 g/mol. The van der Waals surface area contributed by atoms with Crippen molar-refractivity contribution in [3.63, 3.8) is 0 Å². The number of esters is 1. The molecule has 0 bridgehead atoms. The molecule has 1 aliphatic heterocycles. The minimum absolute atomic E-state index is 0.141. The molecule has 0 aliphatic carbocycles. The van der Waals surface area contributed by atoms with E-state index < -0.39 is 18.2 Å². The van der Waals surface area contributed by atoms with Gasteiger partial charge in [-0.25, -0.2) is 9.59 Å². The molecule has 0 aromatic heterocycles. The van der Waals surface area contributed by atoms with Gasteiger partial charge in [0.15, 0.2) is 0 Å². The first-order valence-electron chi connectivity index (χ1n) is 7.13. The topological polar surface area (TPSA) is 73.9 Å². The number of hydrogen-bond donors (Lipinski definition) is 1. The van der Waals surface area contributed by atoms with Crippen molar-refractivity contribution in [3.05, 3.63) is 59.8 Å². The summed E-state index contributed by atoms with van der Waals surface area (Å²) >= 11 is 0. The van der Waals surface area contributed by atoms with Crippen LogP contribution >= 0.6 is 0 Å². The summed E-state index contributed by atoms with van der Waals surface area (Å²) in [6.07, 6.45) is 0.371. The Bertz CT molecular complexity index is 623. The van der Waals surface area contributed by atoms with E-state index in [0.717, 1.165) is 11.1 Å². The van der Waals surface area contributed by atoms with Gasteiger partial charge in [-0.3, -0.25) is 0 Å². The standard InChI is InChI=1S/C17H19NO5/c1-11(16(19)21-3)15-14(9-18-15)12(2)23-17(20)22-10-13-7-5-4-6-8-13/h4-9,12,15,18H,1,10H2,2-3H3. The fraction of sp³-hybridized carbons (Fsp3) is 0.294. The van der Waals surface area contributed by atoms with Crippen molar-refractivity contribution >= 4 is 12.1 Å². The van der Waals surface area contributed by atoms with E-state index in [1.165, 1.54) is 7.11 Å². The Morgan fingerprint density at radius 2 is 2.00 bits per heavy atom. The molecule has 1 N–H and O–H groups in total. The van der Waals surface area contributed by atoms with Crippen molar-refractivity contribution < 1.29 is 23.8 Å². The Hall–Kier alpha value is -2.76. The maximum atomic E-state index is 11.7. The predicted molar refractivity (Wildman–Crippen MR) is 83.3 cm³/mol. The third-order valence-electron chi connectivity index (χ3n) is 3.49. The summed E-state index contributed by atoms with van der Waals surface area (Å²) in [4.78, 5) is 23.2. The number of hydrogen-bond acceptors (Lipinski definition) is 6. The zero-order valence-corrected chi connectivity index (χ0v) is 13.1. The van der Waals surface area contributed by atoms with E-state index in [0.29, 0.717) is 0 Å². The van der Waals surface area contributed by atoms with Crippen LogP contribution in [0.5, 0.6) is 0 Å². The average molecular weight is 317 g/mol. The predicted octanol–water partition coefficient (Wildman–Crippen LogP) is 2.31. The highest BCUT2D eigenvalue weighted by Crippen LogP contribution is 2.24. The average Bonchev–Trinajstić information content (AvgIpc) is 2.51. The van der Waals surface area contributed by atoms with Gasteiger partial charge in [-0.05, 0) is 12.5 Å². The molecular formula is C17H19NO5. The molecule has 0 amide bonds. The van der Waals surface area contributed by atoms with E-state index in [2.05, 4.69) is 16.6 Å². The quantitative estimate of drug-likeness (QED) is 0.641. The van der Waals surface area contributed by atoms with Crippen molar-refractivity contribution in [2.24, 2.45) is 0 Å². The van der Waals surface area contributed by atoms with Crippen LogP contribution in [0.1, 0.15) is 12.5 Å². The Kier molecular flexibility index (Phi) is 5.41. The first-order valence-corrected chi connectivity index (χ1v) is 7.13. The molecule has 0 spiro atoms. The second-order valence-electron chi connectivity index (χ2n) is 5.05. The Morgan fingerprint density at radius 1 is 1.30 bits per heavy atom. The molecule has 0 saturated carbocycles. The fourth-order valence-electron chi connectivity index (χ4n) is 2.13. The fourth-order valence-corrected chi connectivity index (χ4v) is 2.13. The number of methoxy groups -OCH3 is 1. The smallest absolute Gasteiger partial charge is 0.466 e. The molecule has 2 unspecified atom stereocenters. The summed E-state index contributed by atoms with van der Waals surface area (Å²) in [5.41, 5.74) is 1.87. The highest BCUT2D eigenvalue weighted by molar-refractivity contribution is 5.90. The Balaban J connectivity index is 1.82. The Morgan fingerprint density at radius 3 is 2.57 bits per heavy atom. The number of carbonyl (C=O) groups excluding carboxylic acids is 2. The lowest BCUT2D eigenvalue weighted by Gasteiger charge is -2.33. The second-order valence-corrected chi connectivity index (χ2v) is 5.05. The van der Waals surface area contributed by atoms with Crippen LogP contribution in [0.2, 0.25) is 0 Å². The summed E-state index contributed by atoms with van der Waals surface area (Å²) < 4.78 is 14.9. The van der Waals surface area contributed by atoms with Gasteiger partial charge >= 0.3 is 12.1 Å². The second kappa shape index (κ2) is 7.49. The van der Waals surface area contributed by atoms with Gasteiger partial charge in [0.05, 0.1) is 18.7 Å². The molecular weight excluding hydrogens is 298 g/mol. The van der Waals surface area contributed by atoms with Gasteiger partial charge in [0.1, 0.15) is 12.7 Å². The molecule has 0 radical (unpaired) electrons. The van der Waals surface area contributed by atoms with Crippen LogP contribution in [0.4, 0.5) is 4.79 Å². The van der Waals surface area contributed by atoms with E-state index in [9.17, 15) is 9.59 Å². The van der Waals surface area contributed by atoms with Gasteiger partial charge in [0.25, 0.3) is 0 Å². The molecule has 0 saturated heterocycles. The summed E-state index contributed by atoms with van der Waals surface area (Å²) in [6, 6.07) is 8.92. The van der Waals surface area contributed by atoms with Crippen molar-refractivity contribution in [3.8, 4) is 0 Å². The maximum Gasteiger partial charge on any atom is 0.509 e. The van der Waals surface area contributed by atoms with Crippen LogP contribution in [0.3, 0.4) is 0 Å². The molecule has 1 aliphatic rings. The summed E-state index contributed by atoms with van der Waals surface area (Å²) in [5, 5.41) is 2.93. The van der Waals surface area contributed by atoms with Crippen molar-refractivity contribution in [1.29, 1.82) is 0 Å². The number of ether oxygens (including phenoxy) is 3. The lowest BCUT2D eigenvalue weighted by molar-refractivity contribution is -0.136. The van der Waals surface area contributed by atoms with Gasteiger partial charge in [0, 0.05) is 11.8 Å². The zero-order chi connectivity index (χ0) is 16.8. The van der Waals surface area contributed by atoms with Crippen LogP contribution in [-0.2, 0) is 25.6 Å². The SMILES string of the molecule is C=C(C(=O)OC)C1NC=C1C(C)OC(=O)OCc1ccccc1. The first-order chi connectivity index (χ1) is 11.0. The lowest BCUT2D eigenvalue weighted by Crippen LogP contribution is -2.45. The highest BCUT2D eigenvalue weighted by atomic mass is 16.7. The molecule has 0 fully saturated rings. The van der Waals surface area contributed by atoms with Crippen LogP contribution in [-0.4, -0.2) is 31.4 Å². The molecule has 6 nitrogen and oxygen atoms in total. The molecule has 2 rings (SSSR count). The number of benzene rings is 1. The Labute approximate surface area is 134 Å². The van der Waals surface area contributed by atoms with E-state index in [-0.39, 0.29) is 18.2 Å². The number of carbonyl (C=O) groups is 2. The van der Waals surface area contributed by atoms with E-state index >= 15 is 0 Å². The normalized spacial score (nSPS) is 17.0. The van der Waals surface area contributed by atoms with Crippen molar-refractivity contribution in [1.82, 2.24) is 5.32 Å². The maximum absolute atomic E-state index is 11.7. The van der Waals surface area contributed by atoms with E-state index in [1.54, 1.807) is 13.1 Å². The molecule has 122 valence electrons. The molecule has 1 heterocycles. The summed E-state index contributed by atoms with van der Waals surface area (Å²) in [6.45, 7) is 5.53. The molecule has 6 heteroatoms. The molecule has 2 atom stereocenters. The molecule has 23 heavy (non-hydrogen) atoms. The summed E-state index contributed by atoms with van der Waals surface area (Å²) in [7, 11) is 1.29. The van der Waals surface area contributed by atoms with Gasteiger partial charge in [-0.2, -0.15) is 0 Å². The van der Waals surface area contributed by atoms with Crippen LogP contribution in [0.25, 0.3) is 0 Å². The third kappa shape index (κ3) is 4.12. The van der Waals surface area contributed by atoms with Gasteiger partial charge in [-0.1, -0.05) is 36.9 Å². The first kappa shape index (κ1) is 16.6. The number of rotatable bonds is 6. The summed E-state index contributed by atoms with van der Waals surface area (Å²) in [5.74, 6) is -0.507. The van der Waals surface area contributed by atoms with Gasteiger partial charge in [-0.15, -0.1) is 0 Å². The van der Waals surface area contributed by atoms with Gasteiger partial charge < -0.3 is 19.5 Å². The van der Waals surface area contributed by atoms with E-state index in [4.69, 9.17) is 9.47 Å². The number of nitrogens with one attached hydrogen (secondary N) is 1. The zero-order valence-electron chi connectivity index (χ0n) is 13.1. The van der Waals surface area contributed by atoms with Crippen LogP contribution in [0, 0.1) is 0 Å².